The predicted octanol–water partition coefficient (Wildman–Crippen LogP) is 4.36. The van der Waals surface area contributed by atoms with Crippen LogP contribution in [0, 0.1) is 11.3 Å². The van der Waals surface area contributed by atoms with Gasteiger partial charge in [0.05, 0.1) is 0 Å². The molecule has 1 aromatic carbocycles. The van der Waals surface area contributed by atoms with E-state index in [1.807, 2.05) is 30.3 Å². The molecule has 0 unspecified atom stereocenters. The molecule has 4 heteroatoms. The molecular weight excluding hydrogens is 276 g/mol. The summed E-state index contributed by atoms with van der Waals surface area (Å²) < 4.78 is 5.16. The number of anilines is 1. The number of para-hydroxylation sites is 1. The van der Waals surface area contributed by atoms with Crippen molar-refractivity contribution in [1.82, 2.24) is 0 Å². The highest BCUT2D eigenvalue weighted by Crippen LogP contribution is 2.31. The first kappa shape index (κ1) is 14.2. The van der Waals surface area contributed by atoms with Crippen molar-refractivity contribution >= 4 is 17.2 Å². The third-order valence-corrected chi connectivity index (χ3v) is 3.75. The Hall–Kier alpha value is -2.80. The number of nitrogens with zero attached hydrogens (tertiary/aromatic N) is 1. The highest BCUT2D eigenvalue weighted by molar-refractivity contribution is 6.03. The maximum Gasteiger partial charge on any atom is 0.291 e. The Morgan fingerprint density at radius 3 is 2.77 bits per heavy atom. The predicted molar refractivity (Wildman–Crippen MR) is 84.3 cm³/mol. The third-order valence-electron chi connectivity index (χ3n) is 3.75. The first-order valence-corrected chi connectivity index (χ1v) is 7.37. The van der Waals surface area contributed by atoms with Crippen LogP contribution in [-0.2, 0) is 0 Å². The van der Waals surface area contributed by atoms with Gasteiger partial charge in [0, 0.05) is 11.3 Å². The Bertz CT molecular complexity index is 765. The largest absolute Gasteiger partial charge is 0.440 e. The zero-order chi connectivity index (χ0) is 15.4. The molecule has 4 nitrogen and oxygen atoms in total. The fourth-order valence-electron chi connectivity index (χ4n) is 2.66. The minimum absolute atomic E-state index is 0.133. The Kier molecular flexibility index (Phi) is 4.06. The minimum atomic E-state index is -0.342. The highest BCUT2D eigenvalue weighted by atomic mass is 16.3. The van der Waals surface area contributed by atoms with Gasteiger partial charge in [0.25, 0.3) is 5.91 Å². The monoisotopic (exact) mass is 292 g/mol. The van der Waals surface area contributed by atoms with Gasteiger partial charge < -0.3 is 9.73 Å². The number of amides is 1. The van der Waals surface area contributed by atoms with Gasteiger partial charge in [-0.05, 0) is 49.5 Å². The van der Waals surface area contributed by atoms with E-state index in [2.05, 4.69) is 11.4 Å². The molecule has 110 valence electrons. The smallest absolute Gasteiger partial charge is 0.291 e. The maximum absolute atomic E-state index is 12.2. The molecule has 0 saturated carbocycles. The number of hydrogen-bond acceptors (Lipinski definition) is 3. The lowest BCUT2D eigenvalue weighted by atomic mass is 9.92. The van der Waals surface area contributed by atoms with E-state index >= 15 is 0 Å². The van der Waals surface area contributed by atoms with Gasteiger partial charge in [0.1, 0.15) is 6.07 Å². The number of furan rings is 1. The zero-order valence-corrected chi connectivity index (χ0v) is 12.1. The zero-order valence-electron chi connectivity index (χ0n) is 12.1. The van der Waals surface area contributed by atoms with Crippen LogP contribution >= 0.6 is 0 Å². The van der Waals surface area contributed by atoms with E-state index in [-0.39, 0.29) is 17.4 Å². The number of nitrogens with one attached hydrogen (secondary N) is 1. The van der Waals surface area contributed by atoms with E-state index in [0.29, 0.717) is 0 Å². The number of carbonyl (C=O) groups excluding carboxylic acids is 1. The van der Waals surface area contributed by atoms with Crippen molar-refractivity contribution in [2.24, 2.45) is 0 Å². The van der Waals surface area contributed by atoms with Crippen molar-refractivity contribution in [1.29, 1.82) is 5.26 Å². The maximum atomic E-state index is 12.2. The molecule has 1 heterocycles. The van der Waals surface area contributed by atoms with Crippen molar-refractivity contribution in [2.75, 3.05) is 5.32 Å². The Morgan fingerprint density at radius 1 is 1.18 bits per heavy atom. The second kappa shape index (κ2) is 6.31. The van der Waals surface area contributed by atoms with Crippen LogP contribution in [0.1, 0.15) is 47.6 Å². The second-order valence-corrected chi connectivity index (χ2v) is 5.25. The van der Waals surface area contributed by atoms with Crippen LogP contribution in [0.25, 0.3) is 5.57 Å². The molecule has 1 N–H and O–H groups in total. The van der Waals surface area contributed by atoms with E-state index in [4.69, 9.17) is 9.68 Å². The van der Waals surface area contributed by atoms with Gasteiger partial charge in [0.2, 0.25) is 5.76 Å². The first-order chi connectivity index (χ1) is 10.8. The molecular formula is C18H16N2O2. The number of carbonyl (C=O) groups is 1. The van der Waals surface area contributed by atoms with Crippen LogP contribution in [-0.4, -0.2) is 5.91 Å². The topological polar surface area (TPSA) is 66.0 Å². The summed E-state index contributed by atoms with van der Waals surface area (Å²) in [6, 6.07) is 12.7. The van der Waals surface area contributed by atoms with E-state index in [9.17, 15) is 4.79 Å². The van der Waals surface area contributed by atoms with Gasteiger partial charge in [-0.1, -0.05) is 24.3 Å². The molecule has 0 saturated heterocycles. The second-order valence-electron chi connectivity index (χ2n) is 5.25. The van der Waals surface area contributed by atoms with Crippen LogP contribution in [0.5, 0.6) is 0 Å². The number of rotatable bonds is 3. The van der Waals surface area contributed by atoms with Crippen molar-refractivity contribution in [3.8, 4) is 6.07 Å². The van der Waals surface area contributed by atoms with Gasteiger partial charge in [-0.3, -0.25) is 4.79 Å². The molecule has 0 fully saturated rings. The summed E-state index contributed by atoms with van der Waals surface area (Å²) in [6.45, 7) is 0. The lowest BCUT2D eigenvalue weighted by Gasteiger charge is -2.16. The minimum Gasteiger partial charge on any atom is -0.440 e. The number of nitriles is 1. The van der Waals surface area contributed by atoms with Crippen molar-refractivity contribution in [3.05, 3.63) is 59.6 Å². The molecule has 0 bridgehead atoms. The van der Waals surface area contributed by atoms with E-state index in [0.717, 1.165) is 24.1 Å². The molecule has 1 aliphatic rings. The van der Waals surface area contributed by atoms with Crippen molar-refractivity contribution in [2.45, 2.75) is 25.7 Å². The summed E-state index contributed by atoms with van der Waals surface area (Å²) in [4.78, 5) is 12.2. The highest BCUT2D eigenvalue weighted by Gasteiger charge is 2.15. The summed E-state index contributed by atoms with van der Waals surface area (Å²) in [7, 11) is 0. The van der Waals surface area contributed by atoms with Crippen molar-refractivity contribution in [3.63, 3.8) is 0 Å². The van der Waals surface area contributed by atoms with Crippen LogP contribution in [0.15, 0.2) is 46.9 Å². The molecule has 0 radical (unpaired) electrons. The molecule has 0 spiro atoms. The Labute approximate surface area is 129 Å². The summed E-state index contributed by atoms with van der Waals surface area (Å²) in [5, 5.41) is 11.6. The number of benzene rings is 1. The molecule has 3 rings (SSSR count). The molecule has 1 aromatic heterocycles. The van der Waals surface area contributed by atoms with E-state index < -0.39 is 0 Å². The van der Waals surface area contributed by atoms with Gasteiger partial charge in [0.15, 0.2) is 5.76 Å². The SMILES string of the molecule is N#Cc1ccc(C(=O)Nc2ccccc2C2=CCCCC2)o1. The third kappa shape index (κ3) is 2.94. The summed E-state index contributed by atoms with van der Waals surface area (Å²) >= 11 is 0. The quantitative estimate of drug-likeness (QED) is 0.914. The van der Waals surface area contributed by atoms with Gasteiger partial charge in [-0.25, -0.2) is 0 Å². The molecule has 1 aliphatic carbocycles. The van der Waals surface area contributed by atoms with Crippen molar-refractivity contribution < 1.29 is 9.21 Å². The fraction of sp³-hybridized carbons (Fsp3) is 0.222. The van der Waals surface area contributed by atoms with Gasteiger partial charge in [-0.2, -0.15) is 5.26 Å². The average Bonchev–Trinajstić information content (AvgIpc) is 3.05. The van der Waals surface area contributed by atoms with Crippen LogP contribution < -0.4 is 5.32 Å². The summed E-state index contributed by atoms with van der Waals surface area (Å²) in [5.74, 6) is -0.0669. The Balaban J connectivity index is 1.85. The van der Waals surface area contributed by atoms with Gasteiger partial charge >= 0.3 is 0 Å². The van der Waals surface area contributed by atoms with Crippen LogP contribution in [0.2, 0.25) is 0 Å². The number of allylic oxidation sites excluding steroid dienone is 2. The average molecular weight is 292 g/mol. The summed E-state index contributed by atoms with van der Waals surface area (Å²) in [6.07, 6.45) is 6.77. The van der Waals surface area contributed by atoms with E-state index in [1.54, 1.807) is 0 Å². The molecule has 1 amide bonds. The first-order valence-electron chi connectivity index (χ1n) is 7.37. The molecule has 22 heavy (non-hydrogen) atoms. The fourth-order valence-corrected chi connectivity index (χ4v) is 2.66. The molecule has 0 aliphatic heterocycles. The number of hydrogen-bond donors (Lipinski definition) is 1. The summed E-state index contributed by atoms with van der Waals surface area (Å²) in [5.41, 5.74) is 3.11. The molecule has 2 aromatic rings. The Morgan fingerprint density at radius 2 is 2.05 bits per heavy atom. The lowest BCUT2D eigenvalue weighted by molar-refractivity contribution is 0.0996. The van der Waals surface area contributed by atoms with Crippen LogP contribution in [0.3, 0.4) is 0 Å². The normalized spacial score (nSPS) is 14.0. The standard InChI is InChI=1S/C18H16N2O2/c19-12-14-10-11-17(22-14)18(21)20-16-9-5-4-8-15(16)13-6-2-1-3-7-13/h4-6,8-11H,1-3,7H2,(H,20,21). The molecule has 0 atom stereocenters. The lowest BCUT2D eigenvalue weighted by Crippen LogP contribution is -2.12. The van der Waals surface area contributed by atoms with E-state index in [1.165, 1.54) is 30.5 Å². The van der Waals surface area contributed by atoms with Crippen LogP contribution in [0.4, 0.5) is 5.69 Å². The van der Waals surface area contributed by atoms with Gasteiger partial charge in [-0.15, -0.1) is 0 Å².